The monoisotopic (exact) mass is 511 g/mol. The first-order valence-electron chi connectivity index (χ1n) is 12.1. The Morgan fingerprint density at radius 2 is 1.43 bits per heavy atom. The minimum absolute atomic E-state index is 0.103. The van der Waals surface area contributed by atoms with Gasteiger partial charge in [-0.1, -0.05) is 25.7 Å². The molecule has 10 atom stereocenters. The van der Waals surface area contributed by atoms with Crippen LogP contribution in [-0.4, -0.2) is 125 Å². The summed E-state index contributed by atoms with van der Waals surface area (Å²) in [5, 5.41) is 60.7. The molecule has 35 heavy (non-hydrogen) atoms. The summed E-state index contributed by atoms with van der Waals surface area (Å²) in [6, 6.07) is 0. The average Bonchev–Trinajstić information content (AvgIpc) is 2.86. The zero-order chi connectivity index (χ0) is 26.0. The molecule has 2 fully saturated rings. The maximum atomic E-state index is 11.1. The lowest BCUT2D eigenvalue weighted by Crippen LogP contribution is -2.65. The van der Waals surface area contributed by atoms with Crippen molar-refractivity contribution in [2.24, 2.45) is 5.73 Å². The molecule has 0 aromatic heterocycles. The smallest absolute Gasteiger partial charge is 0.305 e. The predicted molar refractivity (Wildman–Crippen MR) is 119 cm³/mol. The second-order valence-corrected chi connectivity index (χ2v) is 8.88. The van der Waals surface area contributed by atoms with Gasteiger partial charge >= 0.3 is 5.97 Å². The minimum Gasteiger partial charge on any atom is -0.469 e. The van der Waals surface area contributed by atoms with Crippen LogP contribution in [0, 0.1) is 0 Å². The number of methoxy groups -OCH3 is 1. The summed E-state index contributed by atoms with van der Waals surface area (Å²) >= 11 is 0. The van der Waals surface area contributed by atoms with Crippen molar-refractivity contribution in [1.82, 2.24) is 0 Å². The van der Waals surface area contributed by atoms with Gasteiger partial charge in [0.15, 0.2) is 12.6 Å². The fraction of sp³-hybridized carbons (Fsp3) is 0.955. The molecule has 2 heterocycles. The Bertz CT molecular complexity index is 611. The van der Waals surface area contributed by atoms with Crippen LogP contribution in [-0.2, 0) is 28.5 Å². The molecule has 0 aromatic rings. The molecule has 0 radical (unpaired) electrons. The number of rotatable bonds is 14. The predicted octanol–water partition coefficient (Wildman–Crippen LogP) is -2.50. The molecule has 0 bridgehead atoms. The van der Waals surface area contributed by atoms with Crippen molar-refractivity contribution in [2.45, 2.75) is 106 Å². The summed E-state index contributed by atoms with van der Waals surface area (Å²) in [5.41, 5.74) is 5.68. The molecule has 0 unspecified atom stereocenters. The van der Waals surface area contributed by atoms with Crippen molar-refractivity contribution >= 4 is 5.97 Å². The van der Waals surface area contributed by atoms with Crippen molar-refractivity contribution in [3.63, 3.8) is 0 Å². The standard InChI is InChI=1S/C22H41NO12/c1-31-14(25)8-6-4-2-3-5-7-9-32-21-19(30)20(16(27)12(10-23)33-21)35-22-18(29)17(28)15(26)13(11-24)34-22/h12-13,15-22,24,26-30H,2-11,23H2,1H3/t12-,13-,15-,16-,17+,18-,19-,20+,21+,22-/m1/s1. The zero-order valence-corrected chi connectivity index (χ0v) is 20.1. The van der Waals surface area contributed by atoms with E-state index in [-0.39, 0.29) is 19.1 Å². The summed E-state index contributed by atoms with van der Waals surface area (Å²) in [7, 11) is 1.37. The third-order valence-electron chi connectivity index (χ3n) is 6.30. The summed E-state index contributed by atoms with van der Waals surface area (Å²) in [4.78, 5) is 11.1. The highest BCUT2D eigenvalue weighted by molar-refractivity contribution is 5.68. The molecule has 0 aromatic carbocycles. The van der Waals surface area contributed by atoms with E-state index < -0.39 is 68.0 Å². The van der Waals surface area contributed by atoms with Gasteiger partial charge in [-0.25, -0.2) is 0 Å². The highest BCUT2D eigenvalue weighted by atomic mass is 16.7. The van der Waals surface area contributed by atoms with Gasteiger partial charge in [0.1, 0.15) is 48.8 Å². The van der Waals surface area contributed by atoms with Crippen molar-refractivity contribution in [3.05, 3.63) is 0 Å². The van der Waals surface area contributed by atoms with Gasteiger partial charge in [-0.2, -0.15) is 0 Å². The van der Waals surface area contributed by atoms with Crippen LogP contribution < -0.4 is 5.73 Å². The number of carbonyl (C=O) groups excluding carboxylic acids is 1. The summed E-state index contributed by atoms with van der Waals surface area (Å²) in [6.45, 7) is -0.482. The largest absolute Gasteiger partial charge is 0.469 e. The van der Waals surface area contributed by atoms with Crippen LogP contribution in [0.15, 0.2) is 0 Å². The Morgan fingerprint density at radius 3 is 2.06 bits per heavy atom. The first-order chi connectivity index (χ1) is 16.7. The van der Waals surface area contributed by atoms with E-state index in [1.54, 1.807) is 0 Å². The number of hydrogen-bond donors (Lipinski definition) is 7. The lowest BCUT2D eigenvalue weighted by atomic mass is 9.97. The van der Waals surface area contributed by atoms with Crippen LogP contribution in [0.5, 0.6) is 0 Å². The van der Waals surface area contributed by atoms with Crippen molar-refractivity contribution < 1.29 is 59.1 Å². The van der Waals surface area contributed by atoms with Gasteiger partial charge in [0.25, 0.3) is 0 Å². The lowest BCUT2D eigenvalue weighted by Gasteiger charge is -2.46. The van der Waals surface area contributed by atoms with Gasteiger partial charge in [-0.3, -0.25) is 4.79 Å². The van der Waals surface area contributed by atoms with E-state index in [4.69, 9.17) is 24.7 Å². The van der Waals surface area contributed by atoms with Crippen molar-refractivity contribution in [3.8, 4) is 0 Å². The van der Waals surface area contributed by atoms with Gasteiger partial charge in [0, 0.05) is 19.6 Å². The van der Waals surface area contributed by atoms with Crippen LogP contribution in [0.1, 0.15) is 44.9 Å². The topological polar surface area (TPSA) is 211 Å². The van der Waals surface area contributed by atoms with Crippen LogP contribution in [0.2, 0.25) is 0 Å². The molecule has 2 rings (SSSR count). The molecule has 2 saturated heterocycles. The highest BCUT2D eigenvalue weighted by Gasteiger charge is 2.50. The second kappa shape index (κ2) is 15.3. The van der Waals surface area contributed by atoms with Crippen LogP contribution in [0.4, 0.5) is 0 Å². The van der Waals surface area contributed by atoms with Gasteiger partial charge < -0.3 is 60.1 Å². The number of ether oxygens (including phenoxy) is 5. The maximum Gasteiger partial charge on any atom is 0.305 e. The van der Waals surface area contributed by atoms with Gasteiger partial charge in [0.05, 0.1) is 13.7 Å². The number of carbonyl (C=O) groups is 1. The van der Waals surface area contributed by atoms with E-state index in [9.17, 15) is 35.4 Å². The quantitative estimate of drug-likeness (QED) is 0.0950. The third-order valence-corrected chi connectivity index (χ3v) is 6.30. The minimum atomic E-state index is -1.70. The van der Waals surface area contributed by atoms with Crippen molar-refractivity contribution in [1.29, 1.82) is 0 Å². The molecule has 8 N–H and O–H groups in total. The molecule has 13 heteroatoms. The van der Waals surface area contributed by atoms with Gasteiger partial charge in [-0.15, -0.1) is 0 Å². The Morgan fingerprint density at radius 1 is 0.800 bits per heavy atom. The van der Waals surface area contributed by atoms with E-state index in [0.29, 0.717) is 12.8 Å². The molecule has 0 amide bonds. The van der Waals surface area contributed by atoms with Crippen molar-refractivity contribution in [2.75, 3.05) is 26.9 Å². The number of nitrogens with two attached hydrogens (primary N) is 1. The summed E-state index contributed by atoms with van der Waals surface area (Å²) in [5.74, 6) is -0.209. The fourth-order valence-electron chi connectivity index (χ4n) is 4.11. The second-order valence-electron chi connectivity index (χ2n) is 8.88. The summed E-state index contributed by atoms with van der Waals surface area (Å²) in [6.07, 6.45) is -8.40. The molecule has 2 aliphatic heterocycles. The van der Waals surface area contributed by atoms with E-state index in [2.05, 4.69) is 4.74 Å². The van der Waals surface area contributed by atoms with E-state index in [0.717, 1.165) is 32.1 Å². The third kappa shape index (κ3) is 8.54. The van der Waals surface area contributed by atoms with Crippen LogP contribution >= 0.6 is 0 Å². The molecule has 2 aliphatic rings. The Hall–Kier alpha value is -0.970. The highest BCUT2D eigenvalue weighted by Crippen LogP contribution is 2.29. The van der Waals surface area contributed by atoms with Crippen LogP contribution in [0.25, 0.3) is 0 Å². The molecule has 13 nitrogen and oxygen atoms in total. The van der Waals surface area contributed by atoms with E-state index >= 15 is 0 Å². The number of unbranched alkanes of at least 4 members (excludes halogenated alkanes) is 5. The number of aliphatic hydroxyl groups is 6. The molecule has 0 saturated carbocycles. The lowest BCUT2D eigenvalue weighted by molar-refractivity contribution is -0.357. The molecule has 206 valence electrons. The number of esters is 1. The molecular formula is C22H41NO12. The number of aliphatic hydroxyl groups excluding tert-OH is 6. The van der Waals surface area contributed by atoms with Gasteiger partial charge in [-0.05, 0) is 12.8 Å². The Kier molecular flexibility index (Phi) is 13.2. The summed E-state index contributed by atoms with van der Waals surface area (Å²) < 4.78 is 26.7. The average molecular weight is 512 g/mol. The van der Waals surface area contributed by atoms with E-state index in [1.165, 1.54) is 7.11 Å². The van der Waals surface area contributed by atoms with Gasteiger partial charge in [0.2, 0.25) is 0 Å². The zero-order valence-electron chi connectivity index (χ0n) is 20.1. The maximum absolute atomic E-state index is 11.1. The first kappa shape index (κ1) is 30.3. The Labute approximate surface area is 204 Å². The molecule has 0 spiro atoms. The fourth-order valence-corrected chi connectivity index (χ4v) is 4.11. The first-order valence-corrected chi connectivity index (χ1v) is 12.1. The molecular weight excluding hydrogens is 470 g/mol. The van der Waals surface area contributed by atoms with E-state index in [1.807, 2.05) is 0 Å². The SMILES string of the molecule is COC(=O)CCCCCCCCO[C@H]1O[C@H](CN)[C@@H](O)[C@H](O[C@H]2O[C@H](CO)[C@@H](O)[C@H](O)[C@H]2O)[C@H]1O. The molecule has 0 aliphatic carbocycles. The number of hydrogen-bond acceptors (Lipinski definition) is 13. The Balaban J connectivity index is 1.82. The van der Waals surface area contributed by atoms with Crippen LogP contribution in [0.3, 0.4) is 0 Å². The normalized spacial score (nSPS) is 37.8.